The van der Waals surface area contributed by atoms with Crippen LogP contribution in [0.1, 0.15) is 158 Å². The Kier molecular flexibility index (Phi) is 12.0. The number of benzene rings is 1. The number of carbonyl (C=O) groups excluding carboxylic acids is 1. The number of hydrogen-bond acceptors (Lipinski definition) is 5. The first-order chi connectivity index (χ1) is 20.0. The molecule has 258 valence electrons. The van der Waals surface area contributed by atoms with Crippen molar-refractivity contribution >= 4 is 5.97 Å². The highest BCUT2D eigenvalue weighted by molar-refractivity contribution is 5.79. The Labute approximate surface area is 277 Å². The van der Waals surface area contributed by atoms with E-state index in [-0.39, 0.29) is 40.1 Å². The average molecular weight is 627 g/mol. The van der Waals surface area contributed by atoms with Crippen LogP contribution in [0.15, 0.2) is 24.5 Å². The molecule has 1 heterocycles. The molecule has 0 amide bonds. The van der Waals surface area contributed by atoms with Gasteiger partial charge in [-0.15, -0.1) is 0 Å². The Hall–Kier alpha value is -1.85. The molecular formula is C40H70N2O3. The van der Waals surface area contributed by atoms with E-state index < -0.39 is 11.0 Å². The molecule has 1 aliphatic heterocycles. The highest BCUT2D eigenvalue weighted by Crippen LogP contribution is 2.41. The van der Waals surface area contributed by atoms with Gasteiger partial charge in [-0.25, -0.2) is 0 Å². The lowest BCUT2D eigenvalue weighted by Crippen LogP contribution is -2.59. The molecule has 0 saturated carbocycles. The molecule has 5 nitrogen and oxygen atoms in total. The maximum atomic E-state index is 14.4. The Bertz CT molecular complexity index is 1120. The number of piperidine rings is 1. The summed E-state index contributed by atoms with van der Waals surface area (Å²) in [5.74, 6) is 0.601. The van der Waals surface area contributed by atoms with E-state index in [0.29, 0.717) is 30.9 Å². The second-order valence-corrected chi connectivity index (χ2v) is 19.0. The topological polar surface area (TPSA) is 73.6 Å². The van der Waals surface area contributed by atoms with Gasteiger partial charge in [-0.3, -0.25) is 4.79 Å². The summed E-state index contributed by atoms with van der Waals surface area (Å²) in [4.78, 5) is 14.4. The van der Waals surface area contributed by atoms with Gasteiger partial charge in [0.1, 0.15) is 23.4 Å². The predicted octanol–water partition coefficient (Wildman–Crippen LogP) is 9.45. The SMILES string of the molecule is C=C(OC1CC(C)(C)NC(C)(C)C1)C(C)(CCc1cc(C(C)(C)C)c(C)c(C(C)(C)C)c1)C(=O)OC(CC(C)C)CC(C)(C)N. The molecule has 0 aliphatic carbocycles. The van der Waals surface area contributed by atoms with Gasteiger partial charge in [-0.1, -0.05) is 74.1 Å². The lowest BCUT2D eigenvalue weighted by molar-refractivity contribution is -0.163. The number of rotatable bonds is 12. The highest BCUT2D eigenvalue weighted by Gasteiger charge is 2.45. The van der Waals surface area contributed by atoms with Crippen LogP contribution in [-0.4, -0.2) is 34.8 Å². The number of esters is 1. The summed E-state index contributed by atoms with van der Waals surface area (Å²) in [6.07, 6.45) is 3.94. The molecule has 1 fully saturated rings. The largest absolute Gasteiger partial charge is 0.494 e. The molecule has 0 radical (unpaired) electrons. The van der Waals surface area contributed by atoms with Crippen LogP contribution >= 0.6 is 0 Å². The van der Waals surface area contributed by atoms with Crippen LogP contribution < -0.4 is 11.1 Å². The van der Waals surface area contributed by atoms with Crippen molar-refractivity contribution in [2.45, 2.75) is 189 Å². The van der Waals surface area contributed by atoms with Crippen molar-refractivity contribution in [3.8, 4) is 0 Å². The maximum Gasteiger partial charge on any atom is 0.319 e. The maximum absolute atomic E-state index is 14.4. The molecule has 1 aromatic rings. The molecule has 5 heteroatoms. The van der Waals surface area contributed by atoms with Crippen LogP contribution in [0, 0.1) is 18.3 Å². The van der Waals surface area contributed by atoms with Crippen molar-refractivity contribution in [1.82, 2.24) is 5.32 Å². The van der Waals surface area contributed by atoms with Gasteiger partial charge in [0, 0.05) is 35.9 Å². The van der Waals surface area contributed by atoms with Crippen molar-refractivity contribution in [2.24, 2.45) is 17.1 Å². The van der Waals surface area contributed by atoms with E-state index in [0.717, 1.165) is 19.3 Å². The molecule has 0 aromatic heterocycles. The molecule has 2 atom stereocenters. The molecule has 0 bridgehead atoms. The smallest absolute Gasteiger partial charge is 0.319 e. The van der Waals surface area contributed by atoms with Gasteiger partial charge >= 0.3 is 5.97 Å². The average Bonchev–Trinajstić information content (AvgIpc) is 2.77. The van der Waals surface area contributed by atoms with E-state index in [1.54, 1.807) is 0 Å². The van der Waals surface area contributed by atoms with Crippen molar-refractivity contribution in [3.63, 3.8) is 0 Å². The summed E-state index contributed by atoms with van der Waals surface area (Å²) in [5, 5.41) is 3.74. The quantitative estimate of drug-likeness (QED) is 0.179. The molecule has 45 heavy (non-hydrogen) atoms. The van der Waals surface area contributed by atoms with Crippen LogP contribution in [0.5, 0.6) is 0 Å². The third kappa shape index (κ3) is 11.4. The fourth-order valence-corrected chi connectivity index (χ4v) is 7.44. The monoisotopic (exact) mass is 627 g/mol. The normalized spacial score (nSPS) is 19.6. The number of hydrogen-bond donors (Lipinski definition) is 2. The zero-order valence-corrected chi connectivity index (χ0v) is 32.1. The van der Waals surface area contributed by atoms with E-state index in [1.165, 1.54) is 22.3 Å². The Balaban J connectivity index is 2.54. The van der Waals surface area contributed by atoms with Crippen LogP contribution in [-0.2, 0) is 31.5 Å². The zero-order chi connectivity index (χ0) is 35.0. The van der Waals surface area contributed by atoms with Crippen molar-refractivity contribution in [2.75, 3.05) is 0 Å². The molecule has 1 aliphatic rings. The van der Waals surface area contributed by atoms with Crippen LogP contribution in [0.2, 0.25) is 0 Å². The second-order valence-electron chi connectivity index (χ2n) is 19.0. The minimum absolute atomic E-state index is 0.00273. The standard InChI is InChI=1S/C40H70N2O3/c1-26(2)20-30(23-37(11,12)41)45-34(43)40(17,28(4)44-31-24-38(13,14)42-39(15,16)25-31)19-18-29-21-32(35(5,6)7)27(3)33(22-29)36(8,9)10/h21-22,26,30-31,42H,4,18-20,23-25,41H2,1-3,5-17H3. The lowest BCUT2D eigenvalue weighted by Gasteiger charge is -2.47. The molecule has 1 saturated heterocycles. The predicted molar refractivity (Wildman–Crippen MR) is 192 cm³/mol. The van der Waals surface area contributed by atoms with Crippen molar-refractivity contribution in [1.29, 1.82) is 0 Å². The molecule has 1 aromatic carbocycles. The number of nitrogens with two attached hydrogens (primary N) is 1. The lowest BCUT2D eigenvalue weighted by atomic mass is 9.74. The Morgan fingerprint density at radius 1 is 0.956 bits per heavy atom. The van der Waals surface area contributed by atoms with E-state index >= 15 is 0 Å². The van der Waals surface area contributed by atoms with E-state index in [9.17, 15) is 4.79 Å². The van der Waals surface area contributed by atoms with Crippen LogP contribution in [0.25, 0.3) is 0 Å². The third-order valence-electron chi connectivity index (χ3n) is 9.29. The number of carbonyl (C=O) groups is 1. The van der Waals surface area contributed by atoms with Crippen molar-refractivity contribution in [3.05, 3.63) is 46.7 Å². The van der Waals surface area contributed by atoms with E-state index in [1.807, 2.05) is 20.8 Å². The van der Waals surface area contributed by atoms with Gasteiger partial charge in [-0.2, -0.15) is 0 Å². The number of ether oxygens (including phenoxy) is 2. The summed E-state index contributed by atoms with van der Waals surface area (Å²) in [6, 6.07) is 4.69. The molecule has 0 spiro atoms. The highest BCUT2D eigenvalue weighted by atomic mass is 16.6. The van der Waals surface area contributed by atoms with Crippen molar-refractivity contribution < 1.29 is 14.3 Å². The molecule has 2 unspecified atom stereocenters. The summed E-state index contributed by atoms with van der Waals surface area (Å²) < 4.78 is 13.1. The third-order valence-corrected chi connectivity index (χ3v) is 9.29. The van der Waals surface area contributed by atoms with E-state index in [2.05, 4.69) is 114 Å². The summed E-state index contributed by atoms with van der Waals surface area (Å²) in [5.41, 5.74) is 10.1. The first-order valence-electron chi connectivity index (χ1n) is 17.3. The molecule has 3 N–H and O–H groups in total. The Morgan fingerprint density at radius 2 is 1.42 bits per heavy atom. The van der Waals surface area contributed by atoms with Crippen LogP contribution in [0.3, 0.4) is 0 Å². The van der Waals surface area contributed by atoms with E-state index in [4.69, 9.17) is 15.2 Å². The van der Waals surface area contributed by atoms with Gasteiger partial charge in [0.25, 0.3) is 0 Å². The van der Waals surface area contributed by atoms with Gasteiger partial charge in [0.15, 0.2) is 0 Å². The van der Waals surface area contributed by atoms with Gasteiger partial charge in [0.2, 0.25) is 0 Å². The molecular weight excluding hydrogens is 556 g/mol. The molecule has 2 rings (SSSR count). The van der Waals surface area contributed by atoms with Gasteiger partial charge in [-0.05, 0) is 114 Å². The summed E-state index contributed by atoms with van der Waals surface area (Å²) >= 11 is 0. The first kappa shape index (κ1) is 39.3. The second kappa shape index (κ2) is 13.7. The minimum atomic E-state index is -1.03. The fourth-order valence-electron chi connectivity index (χ4n) is 7.44. The first-order valence-corrected chi connectivity index (χ1v) is 17.3. The summed E-state index contributed by atoms with van der Waals surface area (Å²) in [6.45, 7) is 39.5. The number of aryl methyl sites for hydroxylation is 1. The Morgan fingerprint density at radius 3 is 1.82 bits per heavy atom. The zero-order valence-electron chi connectivity index (χ0n) is 32.1. The minimum Gasteiger partial charge on any atom is -0.494 e. The number of nitrogens with one attached hydrogen (secondary N) is 1. The van der Waals surface area contributed by atoms with Gasteiger partial charge in [0.05, 0.1) is 0 Å². The fraction of sp³-hybridized carbons (Fsp3) is 0.775. The van der Waals surface area contributed by atoms with Crippen LogP contribution in [0.4, 0.5) is 0 Å². The summed E-state index contributed by atoms with van der Waals surface area (Å²) in [7, 11) is 0. The van der Waals surface area contributed by atoms with Gasteiger partial charge < -0.3 is 20.5 Å².